The van der Waals surface area contributed by atoms with E-state index in [0.717, 1.165) is 19.0 Å². The van der Waals surface area contributed by atoms with E-state index in [4.69, 9.17) is 23.1 Å². The molecule has 164 valence electrons. The molecule has 2 aliphatic rings. The Morgan fingerprint density at radius 1 is 1.29 bits per heavy atom. The van der Waals surface area contributed by atoms with Crippen molar-refractivity contribution in [3.8, 4) is 0 Å². The number of halogens is 2. The van der Waals surface area contributed by atoms with Gasteiger partial charge in [0.2, 0.25) is 17.1 Å². The van der Waals surface area contributed by atoms with E-state index in [2.05, 4.69) is 20.6 Å². The number of nitrogens with zero attached hydrogens (tertiary/aromatic N) is 2. The van der Waals surface area contributed by atoms with Crippen LogP contribution in [0.1, 0.15) is 25.7 Å². The van der Waals surface area contributed by atoms with Crippen molar-refractivity contribution in [2.75, 3.05) is 16.4 Å². The standard InChI is InChI=1S/C21H24ClFN6O2/c22-21-26-9-15(23)20(29-21)28-18-14-7-11(17(18)19(25)31)6-10(14)4-5-16(30)27-13-3-1-2-12(24)8-13/h1-3,8-11,14,17-18H,4-7,24H2,(H2,25,31)(H,27,30)(H,26,28,29)/t10-,11+,14-,17+,18-/m1/s1. The molecule has 1 heterocycles. The summed E-state index contributed by atoms with van der Waals surface area (Å²) in [5, 5.41) is 5.82. The van der Waals surface area contributed by atoms with Gasteiger partial charge in [-0.3, -0.25) is 9.59 Å². The lowest BCUT2D eigenvalue weighted by atomic mass is 9.76. The largest absolute Gasteiger partial charge is 0.399 e. The number of anilines is 3. The number of nitrogens with one attached hydrogen (secondary N) is 2. The van der Waals surface area contributed by atoms with Gasteiger partial charge in [-0.1, -0.05) is 6.07 Å². The molecular formula is C21H24ClFN6O2. The van der Waals surface area contributed by atoms with E-state index in [1.165, 1.54) is 0 Å². The molecule has 2 fully saturated rings. The van der Waals surface area contributed by atoms with E-state index in [0.29, 0.717) is 24.2 Å². The average molecular weight is 447 g/mol. The molecular weight excluding hydrogens is 423 g/mol. The number of primary amides is 1. The summed E-state index contributed by atoms with van der Waals surface area (Å²) in [6, 6.07) is 6.65. The Kier molecular flexibility index (Phi) is 5.95. The summed E-state index contributed by atoms with van der Waals surface area (Å²) in [7, 11) is 0. The Bertz CT molecular complexity index is 1010. The van der Waals surface area contributed by atoms with Gasteiger partial charge in [0.15, 0.2) is 11.6 Å². The lowest BCUT2D eigenvalue weighted by Gasteiger charge is -2.35. The summed E-state index contributed by atoms with van der Waals surface area (Å²) < 4.78 is 14.2. The van der Waals surface area contributed by atoms with Crippen LogP contribution in [0.5, 0.6) is 0 Å². The second kappa shape index (κ2) is 8.66. The molecule has 8 nitrogen and oxygen atoms in total. The van der Waals surface area contributed by atoms with E-state index in [-0.39, 0.29) is 40.8 Å². The average Bonchev–Trinajstić information content (AvgIpc) is 3.27. The third-order valence-corrected chi connectivity index (χ3v) is 6.58. The second-order valence-electron chi connectivity index (χ2n) is 8.30. The van der Waals surface area contributed by atoms with Crippen LogP contribution in [0.15, 0.2) is 30.5 Å². The Morgan fingerprint density at radius 2 is 2.10 bits per heavy atom. The molecule has 1 aromatic heterocycles. The molecule has 0 saturated heterocycles. The third kappa shape index (κ3) is 4.56. The molecule has 10 heteroatoms. The zero-order valence-electron chi connectivity index (χ0n) is 16.7. The van der Waals surface area contributed by atoms with E-state index >= 15 is 0 Å². The molecule has 4 rings (SSSR count). The molecule has 0 aliphatic heterocycles. The first-order valence-electron chi connectivity index (χ1n) is 10.2. The molecule has 2 aliphatic carbocycles. The maximum atomic E-state index is 14.2. The van der Waals surface area contributed by atoms with E-state index < -0.39 is 17.6 Å². The Morgan fingerprint density at radius 3 is 2.84 bits per heavy atom. The highest BCUT2D eigenvalue weighted by Gasteiger charge is 2.54. The van der Waals surface area contributed by atoms with Gasteiger partial charge in [0, 0.05) is 23.8 Å². The van der Waals surface area contributed by atoms with Gasteiger partial charge in [-0.05, 0) is 66.8 Å². The van der Waals surface area contributed by atoms with E-state index in [1.54, 1.807) is 24.3 Å². The molecule has 0 unspecified atom stereocenters. The van der Waals surface area contributed by atoms with Gasteiger partial charge in [-0.2, -0.15) is 4.98 Å². The number of amides is 2. The highest BCUT2D eigenvalue weighted by molar-refractivity contribution is 6.28. The fourth-order valence-corrected chi connectivity index (χ4v) is 5.33. The van der Waals surface area contributed by atoms with Crippen LogP contribution in [0.25, 0.3) is 0 Å². The molecule has 2 bridgehead atoms. The third-order valence-electron chi connectivity index (χ3n) is 6.40. The van der Waals surface area contributed by atoms with Gasteiger partial charge in [0.25, 0.3) is 0 Å². The number of benzene rings is 1. The van der Waals surface area contributed by atoms with E-state index in [9.17, 15) is 14.0 Å². The van der Waals surface area contributed by atoms with Crippen LogP contribution in [-0.2, 0) is 9.59 Å². The SMILES string of the molecule is NC(=O)[C@H]1[C@H]2C[C@@H](CCC(=O)Nc3cccc(N)c3)[C@@H](C2)[C@H]1Nc1nc(Cl)ncc1F. The van der Waals surface area contributed by atoms with Crippen molar-refractivity contribution in [2.45, 2.75) is 31.7 Å². The molecule has 5 atom stereocenters. The van der Waals surface area contributed by atoms with Gasteiger partial charge >= 0.3 is 0 Å². The number of nitrogens with two attached hydrogens (primary N) is 2. The van der Waals surface area contributed by atoms with Gasteiger partial charge in [0.1, 0.15) is 0 Å². The van der Waals surface area contributed by atoms with Crippen LogP contribution < -0.4 is 22.1 Å². The second-order valence-corrected chi connectivity index (χ2v) is 8.64. The number of rotatable bonds is 7. The normalized spacial score (nSPS) is 26.6. The first-order chi connectivity index (χ1) is 14.8. The first-order valence-corrected chi connectivity index (χ1v) is 10.6. The summed E-state index contributed by atoms with van der Waals surface area (Å²) in [4.78, 5) is 32.0. The summed E-state index contributed by atoms with van der Waals surface area (Å²) in [5.74, 6) is -1.23. The molecule has 1 aromatic carbocycles. The number of hydrogen-bond acceptors (Lipinski definition) is 6. The van der Waals surface area contributed by atoms with Crippen molar-refractivity contribution < 1.29 is 14.0 Å². The summed E-state index contributed by atoms with van der Waals surface area (Å²) >= 11 is 5.80. The molecule has 0 spiro atoms. The zero-order valence-corrected chi connectivity index (χ0v) is 17.5. The van der Waals surface area contributed by atoms with Crippen LogP contribution >= 0.6 is 11.6 Å². The zero-order chi connectivity index (χ0) is 22.1. The van der Waals surface area contributed by atoms with Crippen molar-refractivity contribution in [1.29, 1.82) is 0 Å². The van der Waals surface area contributed by atoms with Crippen molar-refractivity contribution in [3.05, 3.63) is 41.6 Å². The monoisotopic (exact) mass is 446 g/mol. The van der Waals surface area contributed by atoms with Crippen LogP contribution in [0, 0.1) is 29.5 Å². The lowest BCUT2D eigenvalue weighted by molar-refractivity contribution is -0.124. The quantitative estimate of drug-likeness (QED) is 0.381. The summed E-state index contributed by atoms with van der Waals surface area (Å²) in [6.07, 6.45) is 3.60. The molecule has 2 amide bonds. The number of fused-ring (bicyclic) bond motifs is 2. The maximum absolute atomic E-state index is 14.2. The van der Waals surface area contributed by atoms with Crippen molar-refractivity contribution in [2.24, 2.45) is 29.4 Å². The first kappa shape index (κ1) is 21.3. The topological polar surface area (TPSA) is 136 Å². The Hall–Kier alpha value is -2.94. The predicted molar refractivity (Wildman–Crippen MR) is 116 cm³/mol. The number of aromatic nitrogens is 2. The van der Waals surface area contributed by atoms with Gasteiger partial charge in [-0.15, -0.1) is 0 Å². The fraction of sp³-hybridized carbons (Fsp3) is 0.429. The molecule has 2 aromatic rings. The minimum absolute atomic E-state index is 0.0399. The number of hydrogen-bond donors (Lipinski definition) is 4. The van der Waals surface area contributed by atoms with Crippen molar-refractivity contribution in [3.63, 3.8) is 0 Å². The summed E-state index contributed by atoms with van der Waals surface area (Å²) in [5.41, 5.74) is 12.6. The van der Waals surface area contributed by atoms with Crippen LogP contribution in [-0.4, -0.2) is 27.8 Å². The van der Waals surface area contributed by atoms with Gasteiger partial charge < -0.3 is 22.1 Å². The molecule has 31 heavy (non-hydrogen) atoms. The summed E-state index contributed by atoms with van der Waals surface area (Å²) in [6.45, 7) is 0. The Labute approximate surface area is 184 Å². The number of carbonyl (C=O) groups is 2. The number of nitrogen functional groups attached to an aromatic ring is 1. The minimum Gasteiger partial charge on any atom is -0.399 e. The van der Waals surface area contributed by atoms with Gasteiger partial charge in [0.05, 0.1) is 12.1 Å². The van der Waals surface area contributed by atoms with Gasteiger partial charge in [-0.25, -0.2) is 9.37 Å². The van der Waals surface area contributed by atoms with Crippen molar-refractivity contribution >= 4 is 40.6 Å². The highest BCUT2D eigenvalue weighted by Crippen LogP contribution is 2.54. The number of carbonyl (C=O) groups excluding carboxylic acids is 2. The molecule has 0 radical (unpaired) electrons. The smallest absolute Gasteiger partial charge is 0.224 e. The fourth-order valence-electron chi connectivity index (χ4n) is 5.19. The minimum atomic E-state index is -0.645. The van der Waals surface area contributed by atoms with Crippen LogP contribution in [0.3, 0.4) is 0 Å². The van der Waals surface area contributed by atoms with E-state index in [1.807, 2.05) is 0 Å². The predicted octanol–water partition coefficient (Wildman–Crippen LogP) is 2.81. The van der Waals surface area contributed by atoms with Crippen molar-refractivity contribution in [1.82, 2.24) is 9.97 Å². The van der Waals surface area contributed by atoms with Crippen LogP contribution in [0.2, 0.25) is 5.28 Å². The maximum Gasteiger partial charge on any atom is 0.224 e. The Balaban J connectivity index is 1.42. The highest BCUT2D eigenvalue weighted by atomic mass is 35.5. The van der Waals surface area contributed by atoms with Crippen LogP contribution in [0.4, 0.5) is 21.6 Å². The molecule has 2 saturated carbocycles. The molecule has 6 N–H and O–H groups in total. The lowest BCUT2D eigenvalue weighted by Crippen LogP contribution is -2.45.